The molecule has 2 saturated carbocycles. The standard InChI is InChI=1S/C26H47NO/c1-22(12-10-15-23-13-5-3-6-14-23)11-4-2-7-18-26(28)27-20-19-24-16-8-9-17-25(24)21-27/h22-25H,2-21H2,1H3. The van der Waals surface area contributed by atoms with Gasteiger partial charge in [-0.3, -0.25) is 4.79 Å². The third-order valence-electron chi connectivity index (χ3n) is 8.27. The van der Waals surface area contributed by atoms with E-state index in [0.717, 1.165) is 49.6 Å². The molecule has 1 saturated heterocycles. The average molecular weight is 390 g/mol. The van der Waals surface area contributed by atoms with Gasteiger partial charge < -0.3 is 4.90 Å². The second kappa shape index (κ2) is 12.2. The fourth-order valence-electron chi connectivity index (χ4n) is 6.31. The van der Waals surface area contributed by atoms with Gasteiger partial charge in [-0.1, -0.05) is 96.8 Å². The van der Waals surface area contributed by atoms with E-state index in [0.29, 0.717) is 5.91 Å². The highest BCUT2D eigenvalue weighted by Gasteiger charge is 2.32. The number of hydrogen-bond acceptors (Lipinski definition) is 1. The Balaban J connectivity index is 1.18. The minimum atomic E-state index is 0.449. The van der Waals surface area contributed by atoms with Crippen molar-refractivity contribution in [3.63, 3.8) is 0 Å². The predicted octanol–water partition coefficient (Wildman–Crippen LogP) is 7.36. The molecule has 2 aliphatic carbocycles. The number of likely N-dealkylation sites (tertiary alicyclic amines) is 1. The van der Waals surface area contributed by atoms with E-state index in [1.807, 2.05) is 0 Å². The van der Waals surface area contributed by atoms with Crippen molar-refractivity contribution in [1.82, 2.24) is 4.90 Å². The Bertz CT molecular complexity index is 442. The number of hydrogen-bond donors (Lipinski definition) is 0. The van der Waals surface area contributed by atoms with Crippen LogP contribution in [0, 0.1) is 23.7 Å². The first-order valence-electron chi connectivity index (χ1n) is 13.0. The lowest BCUT2D eigenvalue weighted by Gasteiger charge is -2.41. The molecule has 3 rings (SSSR count). The van der Waals surface area contributed by atoms with Gasteiger partial charge in [-0.05, 0) is 42.9 Å². The molecule has 3 atom stereocenters. The van der Waals surface area contributed by atoms with Crippen LogP contribution in [0.25, 0.3) is 0 Å². The van der Waals surface area contributed by atoms with Gasteiger partial charge in [0.1, 0.15) is 0 Å². The molecule has 1 amide bonds. The number of rotatable bonds is 10. The van der Waals surface area contributed by atoms with Crippen LogP contribution in [-0.2, 0) is 4.79 Å². The van der Waals surface area contributed by atoms with Crippen molar-refractivity contribution in [1.29, 1.82) is 0 Å². The first-order chi connectivity index (χ1) is 13.7. The summed E-state index contributed by atoms with van der Waals surface area (Å²) in [6.45, 7) is 4.56. The second-order valence-corrected chi connectivity index (χ2v) is 10.6. The summed E-state index contributed by atoms with van der Waals surface area (Å²) >= 11 is 0. The molecule has 0 aromatic carbocycles. The van der Waals surface area contributed by atoms with E-state index in [1.165, 1.54) is 103 Å². The van der Waals surface area contributed by atoms with Crippen molar-refractivity contribution in [2.45, 2.75) is 122 Å². The van der Waals surface area contributed by atoms with Crippen molar-refractivity contribution < 1.29 is 4.79 Å². The Labute approximate surface area is 175 Å². The summed E-state index contributed by atoms with van der Waals surface area (Å²) in [4.78, 5) is 14.8. The minimum Gasteiger partial charge on any atom is -0.342 e. The zero-order chi connectivity index (χ0) is 19.6. The number of nitrogens with zero attached hydrogens (tertiary/aromatic N) is 1. The normalized spacial score (nSPS) is 27.4. The summed E-state index contributed by atoms with van der Waals surface area (Å²) in [5, 5.41) is 0. The van der Waals surface area contributed by atoms with Gasteiger partial charge in [0.25, 0.3) is 0 Å². The molecule has 0 N–H and O–H groups in total. The van der Waals surface area contributed by atoms with Crippen LogP contribution >= 0.6 is 0 Å². The van der Waals surface area contributed by atoms with E-state index in [1.54, 1.807) is 0 Å². The molecule has 3 aliphatic rings. The molecule has 1 aliphatic heterocycles. The number of fused-ring (bicyclic) bond motifs is 1. The summed E-state index contributed by atoms with van der Waals surface area (Å²) in [5.41, 5.74) is 0. The van der Waals surface area contributed by atoms with Gasteiger partial charge in [-0.2, -0.15) is 0 Å². The molecule has 2 nitrogen and oxygen atoms in total. The summed E-state index contributed by atoms with van der Waals surface area (Å²) in [6, 6.07) is 0. The Morgan fingerprint density at radius 2 is 1.54 bits per heavy atom. The van der Waals surface area contributed by atoms with Crippen LogP contribution in [0.15, 0.2) is 0 Å². The number of piperidine rings is 1. The number of unbranched alkanes of at least 4 members (excludes halogenated alkanes) is 2. The SMILES string of the molecule is CC(CCCCCC(=O)N1CCC2CCCCC2C1)CCCC1CCCCC1. The van der Waals surface area contributed by atoms with Gasteiger partial charge in [0.05, 0.1) is 0 Å². The smallest absolute Gasteiger partial charge is 0.222 e. The molecule has 0 bridgehead atoms. The zero-order valence-corrected chi connectivity index (χ0v) is 18.8. The summed E-state index contributed by atoms with van der Waals surface area (Å²) in [5.74, 6) is 4.12. The van der Waals surface area contributed by atoms with Crippen LogP contribution in [0.2, 0.25) is 0 Å². The lowest BCUT2D eigenvalue weighted by molar-refractivity contribution is -0.134. The Morgan fingerprint density at radius 3 is 2.36 bits per heavy atom. The third kappa shape index (κ3) is 7.38. The van der Waals surface area contributed by atoms with Crippen molar-refractivity contribution in [3.8, 4) is 0 Å². The fraction of sp³-hybridized carbons (Fsp3) is 0.962. The van der Waals surface area contributed by atoms with Crippen LogP contribution in [0.5, 0.6) is 0 Å². The highest BCUT2D eigenvalue weighted by Crippen LogP contribution is 2.36. The molecule has 1 heterocycles. The maximum absolute atomic E-state index is 12.6. The van der Waals surface area contributed by atoms with Crippen LogP contribution < -0.4 is 0 Å². The number of carbonyl (C=O) groups excluding carboxylic acids is 1. The lowest BCUT2D eigenvalue weighted by Crippen LogP contribution is -2.44. The fourth-order valence-corrected chi connectivity index (χ4v) is 6.31. The summed E-state index contributed by atoms with van der Waals surface area (Å²) < 4.78 is 0. The lowest BCUT2D eigenvalue weighted by atomic mass is 9.75. The predicted molar refractivity (Wildman–Crippen MR) is 119 cm³/mol. The number of amides is 1. The van der Waals surface area contributed by atoms with Crippen LogP contribution in [-0.4, -0.2) is 23.9 Å². The van der Waals surface area contributed by atoms with Crippen molar-refractivity contribution in [2.24, 2.45) is 23.7 Å². The topological polar surface area (TPSA) is 20.3 Å². The van der Waals surface area contributed by atoms with E-state index < -0.39 is 0 Å². The monoisotopic (exact) mass is 389 g/mol. The molecule has 2 heteroatoms. The van der Waals surface area contributed by atoms with Gasteiger partial charge in [-0.25, -0.2) is 0 Å². The molecule has 28 heavy (non-hydrogen) atoms. The summed E-state index contributed by atoms with van der Waals surface area (Å²) in [6.07, 6.45) is 24.5. The largest absolute Gasteiger partial charge is 0.342 e. The molecule has 0 aromatic rings. The zero-order valence-electron chi connectivity index (χ0n) is 18.8. The highest BCUT2D eigenvalue weighted by atomic mass is 16.2. The summed E-state index contributed by atoms with van der Waals surface area (Å²) in [7, 11) is 0. The average Bonchev–Trinajstić information content (AvgIpc) is 2.73. The quantitative estimate of drug-likeness (QED) is 0.357. The van der Waals surface area contributed by atoms with E-state index in [9.17, 15) is 4.79 Å². The molecule has 3 fully saturated rings. The maximum atomic E-state index is 12.6. The van der Waals surface area contributed by atoms with Crippen molar-refractivity contribution in [2.75, 3.05) is 13.1 Å². The molecule has 0 aromatic heterocycles. The Hall–Kier alpha value is -0.530. The highest BCUT2D eigenvalue weighted by molar-refractivity contribution is 5.76. The first kappa shape index (κ1) is 22.2. The van der Waals surface area contributed by atoms with Crippen LogP contribution in [0.4, 0.5) is 0 Å². The third-order valence-corrected chi connectivity index (χ3v) is 8.27. The van der Waals surface area contributed by atoms with E-state index in [4.69, 9.17) is 0 Å². The Morgan fingerprint density at radius 1 is 0.821 bits per heavy atom. The van der Waals surface area contributed by atoms with E-state index in [-0.39, 0.29) is 0 Å². The number of carbonyl (C=O) groups is 1. The van der Waals surface area contributed by atoms with Crippen molar-refractivity contribution >= 4 is 5.91 Å². The van der Waals surface area contributed by atoms with E-state index >= 15 is 0 Å². The second-order valence-electron chi connectivity index (χ2n) is 10.6. The van der Waals surface area contributed by atoms with Gasteiger partial charge in [0, 0.05) is 19.5 Å². The molecular formula is C26H47NO. The molecule has 0 radical (unpaired) electrons. The Kier molecular flexibility index (Phi) is 9.68. The van der Waals surface area contributed by atoms with E-state index in [2.05, 4.69) is 11.8 Å². The minimum absolute atomic E-state index is 0.449. The van der Waals surface area contributed by atoms with Gasteiger partial charge in [-0.15, -0.1) is 0 Å². The first-order valence-corrected chi connectivity index (χ1v) is 13.0. The van der Waals surface area contributed by atoms with Gasteiger partial charge in [0.15, 0.2) is 0 Å². The maximum Gasteiger partial charge on any atom is 0.222 e. The van der Waals surface area contributed by atoms with Crippen LogP contribution in [0.1, 0.15) is 122 Å². The molecule has 0 spiro atoms. The molecule has 162 valence electrons. The van der Waals surface area contributed by atoms with Crippen molar-refractivity contribution in [3.05, 3.63) is 0 Å². The molecular weight excluding hydrogens is 342 g/mol. The van der Waals surface area contributed by atoms with Gasteiger partial charge in [0.2, 0.25) is 5.91 Å². The molecule has 3 unspecified atom stereocenters. The van der Waals surface area contributed by atoms with Crippen LogP contribution in [0.3, 0.4) is 0 Å². The van der Waals surface area contributed by atoms with Gasteiger partial charge >= 0.3 is 0 Å².